The second kappa shape index (κ2) is 8.42. The van der Waals surface area contributed by atoms with Crippen LogP contribution in [-0.2, 0) is 9.53 Å². The van der Waals surface area contributed by atoms with E-state index in [0.29, 0.717) is 17.8 Å². The maximum atomic E-state index is 14.1. The summed E-state index contributed by atoms with van der Waals surface area (Å²) in [6, 6.07) is 4.77. The Hall–Kier alpha value is -0.880. The number of anilines is 1. The lowest BCUT2D eigenvalue weighted by Crippen LogP contribution is -2.22. The highest BCUT2D eigenvalue weighted by molar-refractivity contribution is 9.12. The number of carbonyl (C=O) groups is 1. The van der Waals surface area contributed by atoms with Gasteiger partial charge in [0.05, 0.1) is 11.4 Å². The lowest BCUT2D eigenvalue weighted by Gasteiger charge is -2.17. The zero-order valence-corrected chi connectivity index (χ0v) is 14.2. The molecule has 0 fully saturated rings. The van der Waals surface area contributed by atoms with Crippen molar-refractivity contribution in [2.24, 2.45) is 0 Å². The molecule has 3 nitrogen and oxygen atoms in total. The lowest BCUT2D eigenvalue weighted by molar-refractivity contribution is -0.142. The van der Waals surface area contributed by atoms with E-state index in [1.165, 1.54) is 6.07 Å². The van der Waals surface area contributed by atoms with Crippen molar-refractivity contribution in [3.8, 4) is 0 Å². The van der Waals surface area contributed by atoms with Gasteiger partial charge in [-0.15, -0.1) is 6.58 Å². The van der Waals surface area contributed by atoms with E-state index in [9.17, 15) is 9.18 Å². The molecule has 0 aliphatic carbocycles. The third-order valence-corrected chi connectivity index (χ3v) is 5.15. The maximum absolute atomic E-state index is 14.1. The van der Waals surface area contributed by atoms with Gasteiger partial charge in [-0.3, -0.25) is 4.79 Å². The predicted octanol–water partition coefficient (Wildman–Crippen LogP) is 4.19. The predicted molar refractivity (Wildman–Crippen MR) is 86.1 cm³/mol. The van der Waals surface area contributed by atoms with Crippen molar-refractivity contribution in [2.45, 2.75) is 16.6 Å². The van der Waals surface area contributed by atoms with Crippen molar-refractivity contribution in [3.05, 3.63) is 42.2 Å². The average molecular weight is 409 g/mol. The summed E-state index contributed by atoms with van der Waals surface area (Å²) in [7, 11) is 0. The van der Waals surface area contributed by atoms with Gasteiger partial charge in [-0.05, 0) is 19.1 Å². The van der Waals surface area contributed by atoms with Gasteiger partial charge in [0.1, 0.15) is 10.6 Å². The van der Waals surface area contributed by atoms with E-state index in [0.717, 1.165) is 0 Å². The Balaban J connectivity index is 2.85. The zero-order valence-electron chi connectivity index (χ0n) is 11.0. The molecule has 0 saturated carbocycles. The topological polar surface area (TPSA) is 38.3 Å². The van der Waals surface area contributed by atoms with Gasteiger partial charge in [-0.1, -0.05) is 44.0 Å². The monoisotopic (exact) mass is 407 g/mol. The maximum Gasteiger partial charge on any atom is 0.321 e. The number of ether oxygens (including phenoxy) is 1. The second-order valence-electron chi connectivity index (χ2n) is 3.96. The first-order chi connectivity index (χ1) is 9.51. The first-order valence-electron chi connectivity index (χ1n) is 6.10. The Kier molecular flexibility index (Phi) is 7.23. The van der Waals surface area contributed by atoms with E-state index >= 15 is 0 Å². The van der Waals surface area contributed by atoms with Gasteiger partial charge < -0.3 is 10.1 Å². The number of alkyl halides is 2. The number of rotatable bonds is 7. The number of halogens is 3. The van der Waals surface area contributed by atoms with Crippen LogP contribution in [0.2, 0.25) is 0 Å². The van der Waals surface area contributed by atoms with Crippen molar-refractivity contribution < 1.29 is 13.9 Å². The molecule has 0 spiro atoms. The van der Waals surface area contributed by atoms with Crippen LogP contribution in [0.5, 0.6) is 0 Å². The number of nitrogens with one attached hydrogen (secondary N) is 1. The van der Waals surface area contributed by atoms with Gasteiger partial charge in [-0.2, -0.15) is 0 Å². The lowest BCUT2D eigenvalue weighted by atomic mass is 10.1. The molecule has 6 heteroatoms. The van der Waals surface area contributed by atoms with Crippen LogP contribution in [-0.4, -0.2) is 23.9 Å². The molecule has 0 saturated heterocycles. The minimum atomic E-state index is -0.649. The van der Waals surface area contributed by atoms with Gasteiger partial charge in [0, 0.05) is 17.8 Å². The molecule has 1 N–H and O–H groups in total. The smallest absolute Gasteiger partial charge is 0.321 e. The third kappa shape index (κ3) is 4.59. The van der Waals surface area contributed by atoms with Crippen molar-refractivity contribution in [2.75, 3.05) is 18.5 Å². The summed E-state index contributed by atoms with van der Waals surface area (Å²) in [5.74, 6) is -0.822. The van der Waals surface area contributed by atoms with Crippen LogP contribution in [0.25, 0.3) is 0 Å². The Morgan fingerprint density at radius 1 is 1.55 bits per heavy atom. The Bertz CT molecular complexity index is 482. The highest BCUT2D eigenvalue weighted by Crippen LogP contribution is 2.34. The van der Waals surface area contributed by atoms with E-state index in [1.54, 1.807) is 25.1 Å². The molecule has 0 radical (unpaired) electrons. The van der Waals surface area contributed by atoms with Crippen LogP contribution in [0.1, 0.15) is 17.3 Å². The molecule has 2 unspecified atom stereocenters. The van der Waals surface area contributed by atoms with E-state index < -0.39 is 21.4 Å². The molecule has 1 rings (SSSR count). The summed E-state index contributed by atoms with van der Waals surface area (Å²) in [5, 5.41) is 3.00. The SMILES string of the molecule is C=CCNc1ccc(C(Br)C(Br)C(=O)OCC)c(F)c1. The molecule has 1 aromatic carbocycles. The van der Waals surface area contributed by atoms with Gasteiger partial charge in [0.15, 0.2) is 0 Å². The third-order valence-electron chi connectivity index (χ3n) is 2.52. The van der Waals surface area contributed by atoms with Gasteiger partial charge in [0.25, 0.3) is 0 Å². The normalized spacial score (nSPS) is 13.4. The van der Waals surface area contributed by atoms with E-state index in [4.69, 9.17) is 4.74 Å². The van der Waals surface area contributed by atoms with Gasteiger partial charge in [-0.25, -0.2) is 4.39 Å². The number of benzene rings is 1. The molecule has 0 heterocycles. The number of carbonyl (C=O) groups excluding carboxylic acids is 1. The van der Waals surface area contributed by atoms with Crippen LogP contribution in [0.15, 0.2) is 30.9 Å². The Morgan fingerprint density at radius 3 is 2.80 bits per heavy atom. The van der Waals surface area contributed by atoms with Gasteiger partial charge >= 0.3 is 5.97 Å². The summed E-state index contributed by atoms with van der Waals surface area (Å²) in [6.45, 7) is 6.15. The molecular formula is C14H16Br2FNO2. The molecule has 0 aliphatic rings. The number of hydrogen-bond donors (Lipinski definition) is 1. The molecular weight excluding hydrogens is 393 g/mol. The van der Waals surface area contributed by atoms with E-state index in [1.807, 2.05) is 0 Å². The second-order valence-corrected chi connectivity index (χ2v) is 5.93. The Labute approximate surface area is 134 Å². The average Bonchev–Trinajstić information content (AvgIpc) is 2.44. The summed E-state index contributed by atoms with van der Waals surface area (Å²) < 4.78 is 19.0. The standard InChI is InChI=1S/C14H16Br2FNO2/c1-3-7-18-9-5-6-10(11(17)8-9)12(15)13(16)14(19)20-4-2/h3,5-6,8,12-13,18H,1,4,7H2,2H3. The summed E-state index contributed by atoms with van der Waals surface area (Å²) in [5.41, 5.74) is 1.05. The summed E-state index contributed by atoms with van der Waals surface area (Å²) in [4.78, 5) is 10.5. The van der Waals surface area contributed by atoms with Crippen LogP contribution in [0, 0.1) is 5.82 Å². The van der Waals surface area contributed by atoms with Crippen LogP contribution in [0.3, 0.4) is 0 Å². The first-order valence-corrected chi connectivity index (χ1v) is 7.93. The number of esters is 1. The fourth-order valence-electron chi connectivity index (χ4n) is 1.55. The largest absolute Gasteiger partial charge is 0.465 e. The minimum Gasteiger partial charge on any atom is -0.465 e. The molecule has 0 aliphatic heterocycles. The molecule has 2 atom stereocenters. The fraction of sp³-hybridized carbons (Fsp3) is 0.357. The zero-order chi connectivity index (χ0) is 15.1. The highest BCUT2D eigenvalue weighted by atomic mass is 79.9. The molecule has 20 heavy (non-hydrogen) atoms. The fourth-order valence-corrected chi connectivity index (χ4v) is 2.55. The van der Waals surface area contributed by atoms with Gasteiger partial charge in [0.2, 0.25) is 0 Å². The molecule has 0 amide bonds. The molecule has 0 aromatic heterocycles. The number of hydrogen-bond acceptors (Lipinski definition) is 3. The van der Waals surface area contributed by atoms with Crippen molar-refractivity contribution in [1.82, 2.24) is 0 Å². The Morgan fingerprint density at radius 2 is 2.25 bits per heavy atom. The summed E-state index contributed by atoms with van der Waals surface area (Å²) >= 11 is 6.55. The molecule has 1 aromatic rings. The molecule has 0 bridgehead atoms. The molecule has 110 valence electrons. The summed E-state index contributed by atoms with van der Waals surface area (Å²) in [6.07, 6.45) is 1.69. The van der Waals surface area contributed by atoms with Crippen molar-refractivity contribution in [3.63, 3.8) is 0 Å². The quantitative estimate of drug-likeness (QED) is 0.417. The van der Waals surface area contributed by atoms with E-state index in [-0.39, 0.29) is 6.61 Å². The van der Waals surface area contributed by atoms with Crippen LogP contribution < -0.4 is 5.32 Å². The van der Waals surface area contributed by atoms with Crippen molar-refractivity contribution >= 4 is 43.5 Å². The first kappa shape index (κ1) is 17.2. The highest BCUT2D eigenvalue weighted by Gasteiger charge is 2.28. The van der Waals surface area contributed by atoms with Crippen molar-refractivity contribution in [1.29, 1.82) is 0 Å². The van der Waals surface area contributed by atoms with Crippen LogP contribution >= 0.6 is 31.9 Å². The van der Waals surface area contributed by atoms with Crippen LogP contribution in [0.4, 0.5) is 10.1 Å². The van der Waals surface area contributed by atoms with E-state index in [2.05, 4.69) is 43.8 Å². The minimum absolute atomic E-state index is 0.285.